The predicted molar refractivity (Wildman–Crippen MR) is 128 cm³/mol. The number of hydrogen-bond donors (Lipinski definition) is 1. The lowest BCUT2D eigenvalue weighted by atomic mass is 9.72. The molecule has 2 amide bonds. The molecule has 1 aliphatic rings. The molecule has 2 aromatic carbocycles. The first-order valence-electron chi connectivity index (χ1n) is 10.8. The summed E-state index contributed by atoms with van der Waals surface area (Å²) in [5.41, 5.74) is 2.37. The molecule has 1 aliphatic heterocycles. The van der Waals surface area contributed by atoms with Crippen LogP contribution >= 0.6 is 11.3 Å². The van der Waals surface area contributed by atoms with Crippen molar-refractivity contribution in [3.05, 3.63) is 77.2 Å². The lowest BCUT2D eigenvalue weighted by molar-refractivity contribution is -0.133. The van der Waals surface area contributed by atoms with E-state index in [4.69, 9.17) is 4.74 Å². The van der Waals surface area contributed by atoms with Crippen LogP contribution in [0.25, 0.3) is 10.4 Å². The van der Waals surface area contributed by atoms with Gasteiger partial charge in [0.05, 0.1) is 18.1 Å². The van der Waals surface area contributed by atoms with Gasteiger partial charge in [-0.15, -0.1) is 11.3 Å². The van der Waals surface area contributed by atoms with Crippen molar-refractivity contribution >= 4 is 23.2 Å². The number of para-hydroxylation sites is 1. The van der Waals surface area contributed by atoms with Gasteiger partial charge in [0.15, 0.2) is 0 Å². The summed E-state index contributed by atoms with van der Waals surface area (Å²) >= 11 is 1.71. The number of hydrogen-bond acceptors (Lipinski definition) is 4. The zero-order valence-corrected chi connectivity index (χ0v) is 19.3. The van der Waals surface area contributed by atoms with Crippen LogP contribution < -0.4 is 10.1 Å². The van der Waals surface area contributed by atoms with Crippen molar-refractivity contribution in [2.45, 2.75) is 19.3 Å². The molecular weight excluding hydrogens is 420 g/mol. The number of thiophene rings is 1. The Hall–Kier alpha value is -3.12. The first-order chi connectivity index (χ1) is 15.6. The Kier molecular flexibility index (Phi) is 6.61. The molecule has 0 spiro atoms. The summed E-state index contributed by atoms with van der Waals surface area (Å²) in [7, 11) is 3.27. The Morgan fingerprint density at radius 2 is 1.75 bits per heavy atom. The second-order valence-electron chi connectivity index (χ2n) is 8.16. The van der Waals surface area contributed by atoms with E-state index in [0.29, 0.717) is 43.7 Å². The molecule has 3 aromatic rings. The maximum absolute atomic E-state index is 13.1. The number of carbonyl (C=O) groups excluding carboxylic acids is 2. The van der Waals surface area contributed by atoms with Gasteiger partial charge in [-0.3, -0.25) is 9.59 Å². The molecule has 1 N–H and O–H groups in total. The van der Waals surface area contributed by atoms with Crippen molar-refractivity contribution < 1.29 is 14.3 Å². The number of methoxy groups -OCH3 is 1. The van der Waals surface area contributed by atoms with Gasteiger partial charge in [0, 0.05) is 25.0 Å². The van der Waals surface area contributed by atoms with Crippen molar-refractivity contribution in [3.63, 3.8) is 0 Å². The standard InChI is InChI=1S/C26H28N2O3S/c1-27-25(30)26(18-19-8-3-4-9-20(19)23-12-7-17-32-23)13-15-28(16-14-26)24(29)21-10-5-6-11-22(21)31-2/h3-12,17H,13-16,18H2,1-2H3,(H,27,30). The first-order valence-corrected chi connectivity index (χ1v) is 11.7. The van der Waals surface area contributed by atoms with E-state index in [0.717, 1.165) is 0 Å². The lowest BCUT2D eigenvalue weighted by Gasteiger charge is -2.41. The van der Waals surface area contributed by atoms with E-state index < -0.39 is 5.41 Å². The molecule has 6 heteroatoms. The summed E-state index contributed by atoms with van der Waals surface area (Å²) < 4.78 is 5.37. The monoisotopic (exact) mass is 448 g/mol. The normalized spacial score (nSPS) is 15.2. The highest BCUT2D eigenvalue weighted by molar-refractivity contribution is 7.13. The van der Waals surface area contributed by atoms with Crippen molar-refractivity contribution in [2.75, 3.05) is 27.2 Å². The predicted octanol–water partition coefficient (Wildman–Crippen LogP) is 4.63. The molecule has 5 nitrogen and oxygen atoms in total. The van der Waals surface area contributed by atoms with Crippen molar-refractivity contribution in [2.24, 2.45) is 5.41 Å². The summed E-state index contributed by atoms with van der Waals surface area (Å²) in [6, 6.07) is 19.8. The number of amides is 2. The molecule has 166 valence electrons. The minimum Gasteiger partial charge on any atom is -0.496 e. The summed E-state index contributed by atoms with van der Waals surface area (Å²) in [6.45, 7) is 1.07. The van der Waals surface area contributed by atoms with Gasteiger partial charge in [-0.1, -0.05) is 42.5 Å². The van der Waals surface area contributed by atoms with E-state index in [1.165, 1.54) is 16.0 Å². The molecule has 32 heavy (non-hydrogen) atoms. The van der Waals surface area contributed by atoms with Gasteiger partial charge < -0.3 is 15.0 Å². The van der Waals surface area contributed by atoms with E-state index in [1.54, 1.807) is 37.6 Å². The maximum Gasteiger partial charge on any atom is 0.257 e. The number of nitrogens with one attached hydrogen (secondary N) is 1. The fourth-order valence-corrected chi connectivity index (χ4v) is 5.38. The first kappa shape index (κ1) is 22.1. The van der Waals surface area contributed by atoms with Crippen LogP contribution in [0.2, 0.25) is 0 Å². The van der Waals surface area contributed by atoms with E-state index in [1.807, 2.05) is 35.2 Å². The van der Waals surface area contributed by atoms with E-state index >= 15 is 0 Å². The Labute approximate surface area is 193 Å². The van der Waals surface area contributed by atoms with Crippen molar-refractivity contribution in [1.82, 2.24) is 10.2 Å². The van der Waals surface area contributed by atoms with Gasteiger partial charge >= 0.3 is 0 Å². The molecular formula is C26H28N2O3S. The van der Waals surface area contributed by atoms with Crippen LogP contribution in [0.5, 0.6) is 5.75 Å². The third-order valence-electron chi connectivity index (χ3n) is 6.39. The number of benzene rings is 2. The molecule has 1 aromatic heterocycles. The maximum atomic E-state index is 13.1. The fourth-order valence-electron chi connectivity index (χ4n) is 4.59. The van der Waals surface area contributed by atoms with Crippen LogP contribution in [0, 0.1) is 5.41 Å². The number of likely N-dealkylation sites (tertiary alicyclic amines) is 1. The lowest BCUT2D eigenvalue weighted by Crippen LogP contribution is -2.50. The Bertz CT molecular complexity index is 1090. The minimum absolute atomic E-state index is 0.0443. The molecule has 2 heterocycles. The van der Waals surface area contributed by atoms with Gasteiger partial charge in [0.2, 0.25) is 5.91 Å². The Morgan fingerprint density at radius 3 is 2.44 bits per heavy atom. The summed E-state index contributed by atoms with van der Waals surface area (Å²) in [5.74, 6) is 0.570. The zero-order chi connectivity index (χ0) is 22.6. The second-order valence-corrected chi connectivity index (χ2v) is 9.11. The molecule has 0 aliphatic carbocycles. The molecule has 0 radical (unpaired) electrons. The molecule has 4 rings (SSSR count). The minimum atomic E-state index is -0.542. The Morgan fingerprint density at radius 1 is 1.03 bits per heavy atom. The summed E-state index contributed by atoms with van der Waals surface area (Å²) in [5, 5.41) is 4.96. The highest BCUT2D eigenvalue weighted by atomic mass is 32.1. The third-order valence-corrected chi connectivity index (χ3v) is 7.29. The average molecular weight is 449 g/mol. The second kappa shape index (κ2) is 9.57. The molecule has 1 saturated heterocycles. The number of rotatable bonds is 6. The molecule has 0 unspecified atom stereocenters. The number of piperidine rings is 1. The van der Waals surface area contributed by atoms with E-state index in [9.17, 15) is 9.59 Å². The SMILES string of the molecule is CNC(=O)C1(Cc2ccccc2-c2cccs2)CCN(C(=O)c2ccccc2OC)CC1. The number of nitrogens with zero attached hydrogens (tertiary/aromatic N) is 1. The zero-order valence-electron chi connectivity index (χ0n) is 18.5. The van der Waals surface area contributed by atoms with Crippen LogP contribution in [-0.2, 0) is 11.2 Å². The van der Waals surface area contributed by atoms with Gasteiger partial charge in [0.1, 0.15) is 5.75 Å². The highest BCUT2D eigenvalue weighted by Gasteiger charge is 2.42. The highest BCUT2D eigenvalue weighted by Crippen LogP contribution is 2.39. The van der Waals surface area contributed by atoms with E-state index in [-0.39, 0.29) is 11.8 Å². The van der Waals surface area contributed by atoms with Gasteiger partial charge in [-0.05, 0) is 54.0 Å². The van der Waals surface area contributed by atoms with Gasteiger partial charge in [0.25, 0.3) is 5.91 Å². The quantitative estimate of drug-likeness (QED) is 0.598. The van der Waals surface area contributed by atoms with Crippen LogP contribution in [0.15, 0.2) is 66.0 Å². The van der Waals surface area contributed by atoms with Crippen molar-refractivity contribution in [1.29, 1.82) is 0 Å². The van der Waals surface area contributed by atoms with Crippen LogP contribution in [0.3, 0.4) is 0 Å². The average Bonchev–Trinajstić information content (AvgIpc) is 3.38. The van der Waals surface area contributed by atoms with E-state index in [2.05, 4.69) is 28.9 Å². The van der Waals surface area contributed by atoms with Crippen LogP contribution in [-0.4, -0.2) is 44.0 Å². The number of carbonyl (C=O) groups is 2. The molecule has 0 atom stereocenters. The number of ether oxygens (including phenoxy) is 1. The molecule has 1 fully saturated rings. The smallest absolute Gasteiger partial charge is 0.257 e. The van der Waals surface area contributed by atoms with Crippen LogP contribution in [0.4, 0.5) is 0 Å². The third kappa shape index (κ3) is 4.28. The summed E-state index contributed by atoms with van der Waals surface area (Å²) in [6.07, 6.45) is 1.89. The van der Waals surface area contributed by atoms with Gasteiger partial charge in [-0.25, -0.2) is 0 Å². The van der Waals surface area contributed by atoms with Crippen LogP contribution in [0.1, 0.15) is 28.8 Å². The molecule has 0 bridgehead atoms. The van der Waals surface area contributed by atoms with Gasteiger partial charge in [-0.2, -0.15) is 0 Å². The fraction of sp³-hybridized carbons (Fsp3) is 0.308. The topological polar surface area (TPSA) is 58.6 Å². The largest absolute Gasteiger partial charge is 0.496 e. The summed E-state index contributed by atoms with van der Waals surface area (Å²) in [4.78, 5) is 29.3. The van der Waals surface area contributed by atoms with Crippen molar-refractivity contribution in [3.8, 4) is 16.2 Å². The molecule has 0 saturated carbocycles. The Balaban J connectivity index is 1.57.